The summed E-state index contributed by atoms with van der Waals surface area (Å²) in [7, 11) is -3.28. The van der Waals surface area contributed by atoms with E-state index in [1.165, 1.54) is 12.1 Å². The monoisotopic (exact) mass is 288 g/mol. The van der Waals surface area contributed by atoms with Gasteiger partial charge in [-0.2, -0.15) is 0 Å². The molecule has 1 rings (SSSR count). The van der Waals surface area contributed by atoms with Crippen LogP contribution in [0.1, 0.15) is 32.3 Å². The molecule has 0 saturated heterocycles. The van der Waals surface area contributed by atoms with Crippen molar-refractivity contribution in [2.24, 2.45) is 0 Å². The molecule has 1 N–H and O–H groups in total. The summed E-state index contributed by atoms with van der Waals surface area (Å²) < 4.78 is 25.8. The number of benzene rings is 1. The average molecular weight is 288 g/mol. The molecular weight excluding hydrogens is 270 g/mol. The van der Waals surface area contributed by atoms with Crippen molar-refractivity contribution in [3.8, 4) is 0 Å². The predicted octanol–water partition coefficient (Wildman–Crippen LogP) is 2.03. The third-order valence-corrected chi connectivity index (χ3v) is 4.69. The lowest BCUT2D eigenvalue weighted by molar-refractivity contribution is -0.384. The highest BCUT2D eigenvalue weighted by Crippen LogP contribution is 2.19. The number of hydrogen-bond acceptors (Lipinski definition) is 4. The van der Waals surface area contributed by atoms with Gasteiger partial charge in [0.25, 0.3) is 5.69 Å². The Bertz CT molecular complexity index is 537. The van der Waals surface area contributed by atoms with Crippen LogP contribution in [0.15, 0.2) is 24.3 Å². The summed E-state index contributed by atoms with van der Waals surface area (Å²) in [6.45, 7) is 5.36. The van der Waals surface area contributed by atoms with Crippen LogP contribution in [0.25, 0.3) is 0 Å². The summed E-state index contributed by atoms with van der Waals surface area (Å²) in [6.07, 6.45) is 0. The van der Waals surface area contributed by atoms with Crippen molar-refractivity contribution >= 4 is 15.7 Å². The topological polar surface area (TPSA) is 89.3 Å². The van der Waals surface area contributed by atoms with Gasteiger partial charge >= 0.3 is 0 Å². The second kappa shape index (κ2) is 6.12. The van der Waals surface area contributed by atoms with Crippen LogP contribution in [0.5, 0.6) is 0 Å². The van der Waals surface area contributed by atoms with Gasteiger partial charge in [0.1, 0.15) is 0 Å². The van der Waals surface area contributed by atoms with E-state index in [4.69, 9.17) is 0 Å². The molecule has 1 atom stereocenters. The molecule has 0 aliphatic carbocycles. The van der Waals surface area contributed by atoms with Gasteiger partial charge in [-0.05, 0) is 25.3 Å². The standard InChI is InChI=1S/C12H18N2O4S/c1-9(2)19(17,18)13-8-10(3)11-4-6-12(7-5-11)14(15)16/h4-7,9-10,13H,8H2,1-3H3/t10-/m0/s1/i3+2. The molecule has 0 radical (unpaired) electrons. The highest BCUT2D eigenvalue weighted by atomic mass is 32.2. The number of nitrogens with zero attached hydrogens (tertiary/aromatic N) is 1. The molecule has 0 unspecified atom stereocenters. The molecule has 7 heteroatoms. The quantitative estimate of drug-likeness (QED) is 0.640. The van der Waals surface area contributed by atoms with Crippen LogP contribution in [0.3, 0.4) is 0 Å². The lowest BCUT2D eigenvalue weighted by atomic mass is 10.1. The highest BCUT2D eigenvalue weighted by Gasteiger charge is 2.17. The van der Waals surface area contributed by atoms with Crippen LogP contribution in [0.4, 0.5) is 5.69 Å². The minimum Gasteiger partial charge on any atom is -0.258 e. The molecule has 0 aliphatic rings. The first-order chi connectivity index (χ1) is 8.74. The van der Waals surface area contributed by atoms with Gasteiger partial charge in [-0.1, -0.05) is 19.1 Å². The molecule has 106 valence electrons. The molecule has 0 amide bonds. The van der Waals surface area contributed by atoms with Gasteiger partial charge in [-0.15, -0.1) is 0 Å². The lowest BCUT2D eigenvalue weighted by Gasteiger charge is -2.14. The van der Waals surface area contributed by atoms with Gasteiger partial charge in [-0.25, -0.2) is 13.1 Å². The van der Waals surface area contributed by atoms with Crippen LogP contribution >= 0.6 is 0 Å². The van der Waals surface area contributed by atoms with E-state index in [0.717, 1.165) is 5.56 Å². The zero-order valence-electron chi connectivity index (χ0n) is 11.2. The van der Waals surface area contributed by atoms with Crippen LogP contribution < -0.4 is 4.72 Å². The second-order valence-electron chi connectivity index (χ2n) is 4.69. The maximum atomic E-state index is 11.6. The van der Waals surface area contributed by atoms with Gasteiger partial charge in [0, 0.05) is 18.7 Å². The fraction of sp³-hybridized carbons (Fsp3) is 0.500. The Kier molecular flexibility index (Phi) is 5.02. The molecule has 19 heavy (non-hydrogen) atoms. The lowest BCUT2D eigenvalue weighted by Crippen LogP contribution is -2.33. The molecule has 0 bridgehead atoms. The van der Waals surface area contributed by atoms with Crippen molar-refractivity contribution in [1.29, 1.82) is 0 Å². The second-order valence-corrected chi connectivity index (χ2v) is 7.01. The first-order valence-electron chi connectivity index (χ1n) is 5.97. The third-order valence-electron chi connectivity index (χ3n) is 2.88. The predicted molar refractivity (Wildman–Crippen MR) is 73.6 cm³/mol. The fourth-order valence-electron chi connectivity index (χ4n) is 1.45. The van der Waals surface area contributed by atoms with Gasteiger partial charge < -0.3 is 0 Å². The van der Waals surface area contributed by atoms with E-state index in [1.807, 2.05) is 6.92 Å². The van der Waals surface area contributed by atoms with Gasteiger partial charge in [0.15, 0.2) is 0 Å². The normalized spacial score (nSPS) is 13.5. The van der Waals surface area contributed by atoms with Crippen molar-refractivity contribution in [1.82, 2.24) is 4.72 Å². The Hall–Kier alpha value is -1.47. The maximum Gasteiger partial charge on any atom is 0.269 e. The molecule has 0 aromatic heterocycles. The number of non-ortho nitro benzene ring substituents is 1. The van der Waals surface area contributed by atoms with E-state index in [0.29, 0.717) is 0 Å². The van der Waals surface area contributed by atoms with Crippen molar-refractivity contribution in [2.45, 2.75) is 31.9 Å². The van der Waals surface area contributed by atoms with Crippen LogP contribution in [-0.4, -0.2) is 25.1 Å². The zero-order chi connectivity index (χ0) is 14.6. The maximum absolute atomic E-state index is 11.6. The Labute approximate surface area is 113 Å². The molecule has 0 spiro atoms. The average Bonchev–Trinajstić information content (AvgIpc) is 2.36. The molecule has 0 heterocycles. The Morgan fingerprint density at radius 1 is 1.32 bits per heavy atom. The third kappa shape index (κ3) is 4.29. The molecule has 0 aliphatic heterocycles. The Balaban J connectivity index is 2.69. The number of nitro groups is 1. The van der Waals surface area contributed by atoms with E-state index in [9.17, 15) is 18.5 Å². The molecule has 6 nitrogen and oxygen atoms in total. The number of rotatable bonds is 6. The minimum absolute atomic E-state index is 0.0266. The number of sulfonamides is 1. The molecular formula is C12H18N2O4S. The summed E-state index contributed by atoms with van der Waals surface area (Å²) in [6, 6.07) is 6.13. The Morgan fingerprint density at radius 3 is 2.26 bits per heavy atom. The summed E-state index contributed by atoms with van der Waals surface area (Å²) in [5, 5.41) is 10.1. The number of hydrogen-bond donors (Lipinski definition) is 1. The van der Waals surface area contributed by atoms with Crippen molar-refractivity contribution in [3.63, 3.8) is 0 Å². The van der Waals surface area contributed by atoms with Crippen LogP contribution in [-0.2, 0) is 10.0 Å². The smallest absolute Gasteiger partial charge is 0.258 e. The van der Waals surface area contributed by atoms with Crippen LogP contribution in [0, 0.1) is 10.1 Å². The summed E-state index contributed by atoms with van der Waals surface area (Å²) in [5.74, 6) is -0.0469. The first kappa shape index (κ1) is 15.6. The zero-order valence-corrected chi connectivity index (χ0v) is 12.0. The molecule has 0 saturated carbocycles. The molecule has 0 fully saturated rings. The highest BCUT2D eigenvalue weighted by molar-refractivity contribution is 7.90. The number of nitrogens with one attached hydrogen (secondary N) is 1. The van der Waals surface area contributed by atoms with E-state index in [2.05, 4.69) is 4.72 Å². The summed E-state index contributed by atoms with van der Waals surface area (Å²) >= 11 is 0. The minimum atomic E-state index is -3.28. The number of nitro benzene ring substituents is 1. The largest absolute Gasteiger partial charge is 0.269 e. The molecule has 1 aromatic rings. The van der Waals surface area contributed by atoms with Crippen molar-refractivity contribution in [2.75, 3.05) is 6.54 Å². The van der Waals surface area contributed by atoms with Gasteiger partial charge in [0.05, 0.1) is 10.2 Å². The van der Waals surface area contributed by atoms with Crippen molar-refractivity contribution < 1.29 is 13.3 Å². The first-order valence-corrected chi connectivity index (χ1v) is 7.51. The van der Waals surface area contributed by atoms with Gasteiger partial charge in [-0.3, -0.25) is 10.1 Å². The van der Waals surface area contributed by atoms with Gasteiger partial charge in [0.2, 0.25) is 10.0 Å². The van der Waals surface area contributed by atoms with Crippen molar-refractivity contribution in [3.05, 3.63) is 39.9 Å². The van der Waals surface area contributed by atoms with E-state index >= 15 is 0 Å². The van der Waals surface area contributed by atoms with Crippen LogP contribution in [0.2, 0.25) is 0 Å². The van der Waals surface area contributed by atoms with E-state index < -0.39 is 20.2 Å². The molecule has 1 aromatic carbocycles. The summed E-state index contributed by atoms with van der Waals surface area (Å²) in [4.78, 5) is 10.1. The van der Waals surface area contributed by atoms with E-state index in [-0.39, 0.29) is 18.2 Å². The SMILES string of the molecule is CC(C)S(=O)(=O)NC[C@H]([14CH3])c1ccc([N+](=O)[O-])cc1. The summed E-state index contributed by atoms with van der Waals surface area (Å²) in [5.41, 5.74) is 0.885. The van der Waals surface area contributed by atoms with E-state index in [1.54, 1.807) is 26.0 Å². The fourth-order valence-corrected chi connectivity index (χ4v) is 2.27. The Morgan fingerprint density at radius 2 is 1.84 bits per heavy atom.